The van der Waals surface area contributed by atoms with Crippen molar-refractivity contribution >= 4 is 33.9 Å². The van der Waals surface area contributed by atoms with Crippen LogP contribution in [0.15, 0.2) is 29.9 Å². The lowest BCUT2D eigenvalue weighted by Gasteiger charge is -1.98. The van der Waals surface area contributed by atoms with Gasteiger partial charge < -0.3 is 0 Å². The summed E-state index contributed by atoms with van der Waals surface area (Å²) >= 11 is 2.44. The standard InChI is InChI=1S/C12H9N5OS2/c1-7-10(20-17-16-7)11(18)15-12-14-9(6-19-12)8-3-2-4-13-5-8/h2-6H,1H3,(H,14,15,18). The van der Waals surface area contributed by atoms with Crippen LogP contribution in [-0.2, 0) is 0 Å². The van der Waals surface area contributed by atoms with Crippen molar-refractivity contribution < 1.29 is 4.79 Å². The van der Waals surface area contributed by atoms with E-state index in [0.29, 0.717) is 15.7 Å². The van der Waals surface area contributed by atoms with E-state index in [-0.39, 0.29) is 5.91 Å². The number of anilines is 1. The number of rotatable bonds is 3. The Morgan fingerprint density at radius 3 is 3.00 bits per heavy atom. The van der Waals surface area contributed by atoms with E-state index >= 15 is 0 Å². The maximum absolute atomic E-state index is 12.0. The van der Waals surface area contributed by atoms with Gasteiger partial charge >= 0.3 is 0 Å². The van der Waals surface area contributed by atoms with Gasteiger partial charge in [0.2, 0.25) is 0 Å². The predicted molar refractivity (Wildman–Crippen MR) is 77.9 cm³/mol. The SMILES string of the molecule is Cc1nnsc1C(=O)Nc1nc(-c2cccnc2)cs1. The first kappa shape index (κ1) is 12.8. The zero-order valence-corrected chi connectivity index (χ0v) is 12.0. The number of hydrogen-bond donors (Lipinski definition) is 1. The molecule has 0 saturated carbocycles. The molecule has 0 fully saturated rings. The van der Waals surface area contributed by atoms with Gasteiger partial charge in [0.15, 0.2) is 5.13 Å². The van der Waals surface area contributed by atoms with Crippen LogP contribution in [-0.4, -0.2) is 25.5 Å². The van der Waals surface area contributed by atoms with Crippen LogP contribution in [0.1, 0.15) is 15.4 Å². The predicted octanol–water partition coefficient (Wildman–Crippen LogP) is 2.62. The number of nitrogens with zero attached hydrogens (tertiary/aromatic N) is 4. The first-order valence-corrected chi connectivity index (χ1v) is 7.35. The van der Waals surface area contributed by atoms with Gasteiger partial charge in [0.05, 0.1) is 11.4 Å². The van der Waals surface area contributed by atoms with Gasteiger partial charge in [0, 0.05) is 23.3 Å². The summed E-state index contributed by atoms with van der Waals surface area (Å²) in [6.07, 6.45) is 3.44. The Morgan fingerprint density at radius 2 is 2.30 bits per heavy atom. The van der Waals surface area contributed by atoms with Crippen molar-refractivity contribution in [3.05, 3.63) is 40.5 Å². The monoisotopic (exact) mass is 303 g/mol. The highest BCUT2D eigenvalue weighted by Crippen LogP contribution is 2.24. The molecule has 3 rings (SSSR count). The van der Waals surface area contributed by atoms with Crippen molar-refractivity contribution in [2.75, 3.05) is 5.32 Å². The lowest BCUT2D eigenvalue weighted by Crippen LogP contribution is -2.11. The van der Waals surface area contributed by atoms with Crippen LogP contribution in [0.3, 0.4) is 0 Å². The molecule has 0 aliphatic carbocycles. The van der Waals surface area contributed by atoms with Crippen LogP contribution in [0, 0.1) is 6.92 Å². The van der Waals surface area contributed by atoms with Crippen molar-refractivity contribution in [2.24, 2.45) is 0 Å². The lowest BCUT2D eigenvalue weighted by molar-refractivity contribution is 0.103. The van der Waals surface area contributed by atoms with E-state index in [9.17, 15) is 4.79 Å². The molecule has 0 radical (unpaired) electrons. The molecule has 0 saturated heterocycles. The molecule has 0 unspecified atom stereocenters. The second-order valence-corrected chi connectivity index (χ2v) is 5.53. The number of nitrogens with one attached hydrogen (secondary N) is 1. The van der Waals surface area contributed by atoms with E-state index < -0.39 is 0 Å². The van der Waals surface area contributed by atoms with E-state index in [0.717, 1.165) is 22.8 Å². The number of hydrogen-bond acceptors (Lipinski definition) is 7. The average Bonchev–Trinajstić information content (AvgIpc) is 3.09. The van der Waals surface area contributed by atoms with Crippen molar-refractivity contribution in [1.29, 1.82) is 0 Å². The molecule has 20 heavy (non-hydrogen) atoms. The Morgan fingerprint density at radius 1 is 1.40 bits per heavy atom. The maximum atomic E-state index is 12.0. The van der Waals surface area contributed by atoms with E-state index in [4.69, 9.17) is 0 Å². The summed E-state index contributed by atoms with van der Waals surface area (Å²) in [5.74, 6) is -0.232. The molecule has 3 aromatic heterocycles. The fourth-order valence-electron chi connectivity index (χ4n) is 1.57. The number of amides is 1. The summed E-state index contributed by atoms with van der Waals surface area (Å²) in [7, 11) is 0. The topological polar surface area (TPSA) is 80.7 Å². The van der Waals surface area contributed by atoms with Crippen molar-refractivity contribution in [3.8, 4) is 11.3 Å². The maximum Gasteiger partial charge on any atom is 0.271 e. The number of aryl methyl sites for hydroxylation is 1. The zero-order chi connectivity index (χ0) is 13.9. The minimum atomic E-state index is -0.232. The summed E-state index contributed by atoms with van der Waals surface area (Å²) < 4.78 is 3.74. The zero-order valence-electron chi connectivity index (χ0n) is 10.4. The quantitative estimate of drug-likeness (QED) is 0.804. The van der Waals surface area contributed by atoms with Gasteiger partial charge in [-0.25, -0.2) is 4.98 Å². The van der Waals surface area contributed by atoms with Crippen LogP contribution in [0.4, 0.5) is 5.13 Å². The van der Waals surface area contributed by atoms with Gasteiger partial charge in [-0.1, -0.05) is 4.49 Å². The smallest absolute Gasteiger partial charge is 0.271 e. The molecule has 0 bridgehead atoms. The summed E-state index contributed by atoms with van der Waals surface area (Å²) in [5.41, 5.74) is 2.33. The molecule has 0 spiro atoms. The molecule has 3 aromatic rings. The molecule has 0 aliphatic rings. The number of thiazole rings is 1. The fourth-order valence-corrected chi connectivity index (χ4v) is 2.84. The largest absolute Gasteiger partial charge is 0.297 e. The number of carbonyl (C=O) groups excluding carboxylic acids is 1. The summed E-state index contributed by atoms with van der Waals surface area (Å²) in [5, 5.41) is 8.99. The van der Waals surface area contributed by atoms with Gasteiger partial charge in [-0.05, 0) is 30.6 Å². The first-order chi connectivity index (χ1) is 9.74. The van der Waals surface area contributed by atoms with Crippen LogP contribution >= 0.6 is 22.9 Å². The van der Waals surface area contributed by atoms with E-state index in [2.05, 4.69) is 24.9 Å². The summed E-state index contributed by atoms with van der Waals surface area (Å²) in [6.45, 7) is 1.75. The van der Waals surface area contributed by atoms with Crippen LogP contribution in [0.2, 0.25) is 0 Å². The van der Waals surface area contributed by atoms with Crippen LogP contribution < -0.4 is 5.32 Å². The third kappa shape index (κ3) is 2.56. The molecule has 3 heterocycles. The van der Waals surface area contributed by atoms with Crippen LogP contribution in [0.5, 0.6) is 0 Å². The van der Waals surface area contributed by atoms with Gasteiger partial charge in [-0.15, -0.1) is 16.4 Å². The molecular formula is C12H9N5OS2. The summed E-state index contributed by atoms with van der Waals surface area (Å²) in [6, 6.07) is 3.77. The Bertz CT molecular complexity index is 737. The molecule has 1 amide bonds. The molecular weight excluding hydrogens is 294 g/mol. The van der Waals surface area contributed by atoms with E-state index in [1.807, 2.05) is 17.5 Å². The van der Waals surface area contributed by atoms with E-state index in [1.54, 1.807) is 19.3 Å². The molecule has 6 nitrogen and oxygen atoms in total. The second-order valence-electron chi connectivity index (χ2n) is 3.92. The Balaban J connectivity index is 1.78. The highest BCUT2D eigenvalue weighted by molar-refractivity contribution is 7.14. The molecule has 0 aromatic carbocycles. The van der Waals surface area contributed by atoms with Crippen molar-refractivity contribution in [2.45, 2.75) is 6.92 Å². The number of pyridine rings is 1. The summed E-state index contributed by atoms with van der Waals surface area (Å²) in [4.78, 5) is 20.9. The van der Waals surface area contributed by atoms with Crippen molar-refractivity contribution in [1.82, 2.24) is 19.6 Å². The second kappa shape index (κ2) is 5.43. The highest BCUT2D eigenvalue weighted by Gasteiger charge is 2.15. The van der Waals surface area contributed by atoms with Gasteiger partial charge in [0.25, 0.3) is 5.91 Å². The molecule has 0 aliphatic heterocycles. The third-order valence-corrected chi connectivity index (χ3v) is 4.12. The normalized spacial score (nSPS) is 10.4. The molecule has 0 atom stereocenters. The Labute approximate surface area is 122 Å². The Hall–Kier alpha value is -2.19. The highest BCUT2D eigenvalue weighted by atomic mass is 32.1. The van der Waals surface area contributed by atoms with Gasteiger partial charge in [-0.2, -0.15) is 0 Å². The lowest BCUT2D eigenvalue weighted by atomic mass is 10.2. The number of aromatic nitrogens is 4. The molecule has 1 N–H and O–H groups in total. The van der Waals surface area contributed by atoms with Crippen LogP contribution in [0.25, 0.3) is 11.3 Å². The molecule has 8 heteroatoms. The third-order valence-electron chi connectivity index (χ3n) is 2.54. The fraction of sp³-hybridized carbons (Fsp3) is 0.0833. The minimum Gasteiger partial charge on any atom is -0.297 e. The van der Waals surface area contributed by atoms with Crippen molar-refractivity contribution in [3.63, 3.8) is 0 Å². The Kier molecular flexibility index (Phi) is 3.48. The van der Waals surface area contributed by atoms with Gasteiger partial charge in [-0.3, -0.25) is 15.1 Å². The number of carbonyl (C=O) groups is 1. The van der Waals surface area contributed by atoms with Gasteiger partial charge in [0.1, 0.15) is 4.88 Å². The minimum absolute atomic E-state index is 0.232. The van der Waals surface area contributed by atoms with E-state index in [1.165, 1.54) is 11.3 Å². The first-order valence-electron chi connectivity index (χ1n) is 5.70. The average molecular weight is 303 g/mol. The molecule has 100 valence electrons.